The molecule has 0 N–H and O–H groups in total. The second kappa shape index (κ2) is 4.45. The predicted molar refractivity (Wildman–Crippen MR) is 62.8 cm³/mol. The van der Waals surface area contributed by atoms with E-state index in [1.54, 1.807) is 6.07 Å². The van der Waals surface area contributed by atoms with Crippen LogP contribution in [0.2, 0.25) is 0 Å². The molecule has 2 heterocycles. The molecule has 1 aromatic rings. The molecule has 3 nitrogen and oxygen atoms in total. The van der Waals surface area contributed by atoms with Gasteiger partial charge in [0, 0.05) is 11.0 Å². The van der Waals surface area contributed by atoms with Gasteiger partial charge in [-0.2, -0.15) is 5.26 Å². The van der Waals surface area contributed by atoms with Crippen LogP contribution in [0.25, 0.3) is 0 Å². The smallest absolute Gasteiger partial charge is 0.142 e. The minimum absolute atomic E-state index is 0.471. The Morgan fingerprint density at radius 3 is 3.07 bits per heavy atom. The maximum absolute atomic E-state index is 8.76. The van der Waals surface area contributed by atoms with Gasteiger partial charge in [-0.25, -0.2) is 4.98 Å². The van der Waals surface area contributed by atoms with E-state index in [2.05, 4.69) is 38.0 Å². The highest BCUT2D eigenvalue weighted by Gasteiger charge is 2.12. The van der Waals surface area contributed by atoms with Crippen molar-refractivity contribution >= 4 is 21.7 Å². The molecular formula is C11H10BrN3. The number of aromatic nitrogens is 1. The van der Waals surface area contributed by atoms with E-state index in [4.69, 9.17) is 5.26 Å². The first-order valence-electron chi connectivity index (χ1n) is 4.76. The van der Waals surface area contributed by atoms with Crippen LogP contribution in [-0.4, -0.2) is 18.1 Å². The zero-order valence-corrected chi connectivity index (χ0v) is 9.74. The van der Waals surface area contributed by atoms with Crippen LogP contribution in [0.4, 0.5) is 5.82 Å². The summed E-state index contributed by atoms with van der Waals surface area (Å²) in [6.45, 7) is 1.79. The van der Waals surface area contributed by atoms with Crippen LogP contribution in [0.3, 0.4) is 0 Å². The molecule has 0 saturated carbocycles. The average molecular weight is 264 g/mol. The van der Waals surface area contributed by atoms with Gasteiger partial charge in [0.05, 0.1) is 6.54 Å². The van der Waals surface area contributed by atoms with E-state index >= 15 is 0 Å². The highest BCUT2D eigenvalue weighted by atomic mass is 79.9. The molecule has 0 saturated heterocycles. The summed E-state index contributed by atoms with van der Waals surface area (Å²) in [6, 6.07) is 7.58. The number of pyridine rings is 1. The molecule has 0 fully saturated rings. The Hall–Kier alpha value is -1.34. The molecule has 0 bridgehead atoms. The average Bonchev–Trinajstić information content (AvgIpc) is 2.29. The lowest BCUT2D eigenvalue weighted by Crippen LogP contribution is -2.29. The molecule has 1 aliphatic rings. The van der Waals surface area contributed by atoms with E-state index in [9.17, 15) is 0 Å². The fraction of sp³-hybridized carbons (Fsp3) is 0.273. The van der Waals surface area contributed by atoms with Crippen LogP contribution < -0.4 is 4.90 Å². The van der Waals surface area contributed by atoms with Crippen molar-refractivity contribution in [3.8, 4) is 6.07 Å². The van der Waals surface area contributed by atoms with Gasteiger partial charge in [0.25, 0.3) is 0 Å². The van der Waals surface area contributed by atoms with Crippen molar-refractivity contribution in [2.75, 3.05) is 18.0 Å². The summed E-state index contributed by atoms with van der Waals surface area (Å²) < 4.78 is 1.18. The number of hydrogen-bond donors (Lipinski definition) is 0. The molecule has 0 atom stereocenters. The van der Waals surface area contributed by atoms with Crippen molar-refractivity contribution in [2.24, 2.45) is 0 Å². The van der Waals surface area contributed by atoms with Crippen molar-refractivity contribution in [1.82, 2.24) is 4.98 Å². The largest absolute Gasteiger partial charge is 0.351 e. The lowest BCUT2D eigenvalue weighted by atomic mass is 10.2. The van der Waals surface area contributed by atoms with Crippen LogP contribution in [-0.2, 0) is 0 Å². The van der Waals surface area contributed by atoms with Crippen LogP contribution in [0.1, 0.15) is 12.1 Å². The number of rotatable bonds is 1. The predicted octanol–water partition coefficient (Wildman–Crippen LogP) is 2.44. The zero-order chi connectivity index (χ0) is 10.7. The molecule has 0 aliphatic carbocycles. The van der Waals surface area contributed by atoms with E-state index in [0.717, 1.165) is 25.3 Å². The van der Waals surface area contributed by atoms with E-state index in [0.29, 0.717) is 5.69 Å². The molecule has 0 aromatic carbocycles. The van der Waals surface area contributed by atoms with Gasteiger partial charge >= 0.3 is 0 Å². The van der Waals surface area contributed by atoms with Gasteiger partial charge < -0.3 is 4.90 Å². The topological polar surface area (TPSA) is 39.9 Å². The summed E-state index contributed by atoms with van der Waals surface area (Å²) >= 11 is 3.49. The molecule has 1 aromatic heterocycles. The summed E-state index contributed by atoms with van der Waals surface area (Å²) in [5, 5.41) is 8.76. The fourth-order valence-electron chi connectivity index (χ4n) is 1.56. The van der Waals surface area contributed by atoms with Crippen LogP contribution in [0, 0.1) is 11.3 Å². The van der Waals surface area contributed by atoms with Crippen molar-refractivity contribution in [3.63, 3.8) is 0 Å². The lowest BCUT2D eigenvalue weighted by molar-refractivity contribution is 0.800. The summed E-state index contributed by atoms with van der Waals surface area (Å²) in [4.78, 5) is 6.42. The summed E-state index contributed by atoms with van der Waals surface area (Å²) in [5.74, 6) is 0.874. The van der Waals surface area contributed by atoms with Gasteiger partial charge in [-0.05, 0) is 18.6 Å². The Kier molecular flexibility index (Phi) is 3.02. The molecule has 0 unspecified atom stereocenters. The molecule has 76 valence electrons. The van der Waals surface area contributed by atoms with Crippen LogP contribution in [0.15, 0.2) is 28.8 Å². The van der Waals surface area contributed by atoms with Gasteiger partial charge in [-0.15, -0.1) is 0 Å². The van der Waals surface area contributed by atoms with E-state index in [-0.39, 0.29) is 0 Å². The molecular weight excluding hydrogens is 254 g/mol. The summed E-state index contributed by atoms with van der Waals surface area (Å²) in [6.07, 6.45) is 3.18. The van der Waals surface area contributed by atoms with Crippen LogP contribution in [0.5, 0.6) is 0 Å². The van der Waals surface area contributed by atoms with Crippen LogP contribution >= 0.6 is 15.9 Å². The standard InChI is InChI=1S/C11H10BrN3/c12-9-3-2-6-15(8-9)11-5-1-4-10(7-13)14-11/h1,3-5H,2,6,8H2. The van der Waals surface area contributed by atoms with E-state index in [1.807, 2.05) is 12.1 Å². The van der Waals surface area contributed by atoms with Gasteiger partial charge in [0.2, 0.25) is 0 Å². The second-order valence-corrected chi connectivity index (χ2v) is 4.37. The minimum Gasteiger partial charge on any atom is -0.351 e. The molecule has 4 heteroatoms. The van der Waals surface area contributed by atoms with E-state index in [1.165, 1.54) is 4.48 Å². The quantitative estimate of drug-likeness (QED) is 0.782. The SMILES string of the molecule is N#Cc1cccc(N2CCC=C(Br)C2)n1. The first-order valence-corrected chi connectivity index (χ1v) is 5.55. The molecule has 0 radical (unpaired) electrons. The lowest BCUT2D eigenvalue weighted by Gasteiger charge is -2.26. The van der Waals surface area contributed by atoms with Crippen molar-refractivity contribution < 1.29 is 0 Å². The number of nitriles is 1. The van der Waals surface area contributed by atoms with Crippen molar-refractivity contribution in [1.29, 1.82) is 5.26 Å². The third kappa shape index (κ3) is 2.37. The summed E-state index contributed by atoms with van der Waals surface area (Å²) in [5.41, 5.74) is 0.471. The number of halogens is 1. The first kappa shape index (κ1) is 10.2. The van der Waals surface area contributed by atoms with Crippen molar-refractivity contribution in [2.45, 2.75) is 6.42 Å². The van der Waals surface area contributed by atoms with Gasteiger partial charge in [0.1, 0.15) is 17.6 Å². The minimum atomic E-state index is 0.471. The molecule has 15 heavy (non-hydrogen) atoms. The zero-order valence-electron chi connectivity index (χ0n) is 8.15. The Labute approximate surface area is 97.2 Å². The van der Waals surface area contributed by atoms with Gasteiger partial charge in [-0.1, -0.05) is 28.1 Å². The monoisotopic (exact) mass is 263 g/mol. The molecule has 0 amide bonds. The highest BCUT2D eigenvalue weighted by molar-refractivity contribution is 9.11. The molecule has 2 rings (SSSR count). The van der Waals surface area contributed by atoms with Crippen molar-refractivity contribution in [3.05, 3.63) is 34.5 Å². The first-order chi connectivity index (χ1) is 7.29. The fourth-order valence-corrected chi connectivity index (χ4v) is 2.09. The number of anilines is 1. The van der Waals surface area contributed by atoms with E-state index < -0.39 is 0 Å². The molecule has 0 spiro atoms. The Bertz CT molecular complexity index is 434. The Balaban J connectivity index is 2.23. The van der Waals surface area contributed by atoms with Gasteiger partial charge in [0.15, 0.2) is 0 Å². The Morgan fingerprint density at radius 2 is 2.33 bits per heavy atom. The third-order valence-electron chi connectivity index (χ3n) is 2.28. The maximum atomic E-state index is 8.76. The normalized spacial score (nSPS) is 15.7. The third-order valence-corrected chi connectivity index (χ3v) is 2.85. The number of nitrogens with zero attached hydrogens (tertiary/aromatic N) is 3. The molecule has 1 aliphatic heterocycles. The highest BCUT2D eigenvalue weighted by Crippen LogP contribution is 2.20. The maximum Gasteiger partial charge on any atom is 0.142 e. The second-order valence-electron chi connectivity index (χ2n) is 3.35. The van der Waals surface area contributed by atoms with Gasteiger partial charge in [-0.3, -0.25) is 0 Å². The Morgan fingerprint density at radius 1 is 1.47 bits per heavy atom. The number of hydrogen-bond acceptors (Lipinski definition) is 3. The summed E-state index contributed by atoms with van der Waals surface area (Å²) in [7, 11) is 0.